The molecule has 1 aromatic carbocycles. The van der Waals surface area contributed by atoms with E-state index >= 15 is 0 Å². The molecular formula is C18H23N3O5S. The van der Waals surface area contributed by atoms with Crippen LogP contribution in [0, 0.1) is 0 Å². The van der Waals surface area contributed by atoms with Crippen molar-refractivity contribution in [2.45, 2.75) is 32.2 Å². The van der Waals surface area contributed by atoms with Gasteiger partial charge in [-0.05, 0) is 32.3 Å². The van der Waals surface area contributed by atoms with E-state index in [-0.39, 0.29) is 11.4 Å². The van der Waals surface area contributed by atoms with Crippen LogP contribution in [0.5, 0.6) is 0 Å². The largest absolute Gasteiger partial charge is 0.479 e. The number of carbonyl (C=O) groups is 2. The predicted molar refractivity (Wildman–Crippen MR) is 101 cm³/mol. The number of amides is 1. The molecule has 8 nitrogen and oxygen atoms in total. The lowest BCUT2D eigenvalue weighted by Crippen LogP contribution is -2.36. The molecule has 0 radical (unpaired) electrons. The Balaban J connectivity index is 1.87. The molecule has 1 heterocycles. The van der Waals surface area contributed by atoms with E-state index in [0.29, 0.717) is 12.8 Å². The molecule has 146 valence electrons. The smallest absolute Gasteiger partial charge is 0.331 e. The van der Waals surface area contributed by atoms with Crippen LogP contribution in [0.1, 0.15) is 25.8 Å². The number of carbonyl (C=O) groups excluding carboxylic acids is 1. The van der Waals surface area contributed by atoms with Gasteiger partial charge in [0.25, 0.3) is 0 Å². The SMILES string of the molecule is CC(C)(C(=O)O)n1cc(NC(=O)CS(=O)(=O)CCCc2ccccc2)cn1. The minimum atomic E-state index is -3.54. The van der Waals surface area contributed by atoms with Crippen LogP contribution in [0.25, 0.3) is 0 Å². The predicted octanol–water partition coefficient (Wildman–Crippen LogP) is 1.69. The molecule has 9 heteroatoms. The summed E-state index contributed by atoms with van der Waals surface area (Å²) in [5.41, 5.74) is 0.00590. The highest BCUT2D eigenvalue weighted by Gasteiger charge is 2.30. The molecule has 0 aliphatic carbocycles. The van der Waals surface area contributed by atoms with E-state index < -0.39 is 33.0 Å². The van der Waals surface area contributed by atoms with E-state index in [0.717, 1.165) is 5.56 Å². The molecule has 27 heavy (non-hydrogen) atoms. The maximum atomic E-state index is 12.1. The fraction of sp³-hybridized carbons (Fsp3) is 0.389. The zero-order chi connectivity index (χ0) is 20.1. The lowest BCUT2D eigenvalue weighted by molar-refractivity contribution is -0.146. The van der Waals surface area contributed by atoms with E-state index in [4.69, 9.17) is 0 Å². The first-order chi connectivity index (χ1) is 12.6. The first-order valence-electron chi connectivity index (χ1n) is 8.43. The first kappa shape index (κ1) is 20.6. The van der Waals surface area contributed by atoms with Gasteiger partial charge in [0.15, 0.2) is 15.4 Å². The summed E-state index contributed by atoms with van der Waals surface area (Å²) in [6, 6.07) is 9.53. The van der Waals surface area contributed by atoms with E-state index in [2.05, 4.69) is 10.4 Å². The van der Waals surface area contributed by atoms with Crippen molar-refractivity contribution in [2.75, 3.05) is 16.8 Å². The number of nitrogens with one attached hydrogen (secondary N) is 1. The monoisotopic (exact) mass is 393 g/mol. The van der Waals surface area contributed by atoms with Gasteiger partial charge in [-0.15, -0.1) is 0 Å². The highest BCUT2D eigenvalue weighted by molar-refractivity contribution is 7.92. The number of aromatic nitrogens is 2. The van der Waals surface area contributed by atoms with Crippen molar-refractivity contribution < 1.29 is 23.1 Å². The Bertz CT molecular complexity index is 904. The van der Waals surface area contributed by atoms with Crippen molar-refractivity contribution in [3.05, 3.63) is 48.3 Å². The molecule has 2 N–H and O–H groups in total. The van der Waals surface area contributed by atoms with Crippen LogP contribution in [0.2, 0.25) is 0 Å². The van der Waals surface area contributed by atoms with Crippen LogP contribution < -0.4 is 5.32 Å². The second kappa shape index (κ2) is 8.34. The third-order valence-corrected chi connectivity index (χ3v) is 5.69. The number of aliphatic carboxylic acids is 1. The van der Waals surface area contributed by atoms with Gasteiger partial charge in [0.1, 0.15) is 5.75 Å². The molecule has 0 unspecified atom stereocenters. The summed E-state index contributed by atoms with van der Waals surface area (Å²) in [5.74, 6) is -2.47. The molecular weight excluding hydrogens is 370 g/mol. The van der Waals surface area contributed by atoms with Crippen LogP contribution in [0.4, 0.5) is 5.69 Å². The Hall–Kier alpha value is -2.68. The Morgan fingerprint density at radius 2 is 1.89 bits per heavy atom. The summed E-state index contributed by atoms with van der Waals surface area (Å²) in [4.78, 5) is 23.2. The number of hydrogen-bond acceptors (Lipinski definition) is 5. The van der Waals surface area contributed by atoms with Crippen molar-refractivity contribution >= 4 is 27.4 Å². The summed E-state index contributed by atoms with van der Waals surface area (Å²) in [7, 11) is -3.54. The molecule has 1 aromatic heterocycles. The zero-order valence-corrected chi connectivity index (χ0v) is 16.1. The van der Waals surface area contributed by atoms with Crippen molar-refractivity contribution in [3.63, 3.8) is 0 Å². The number of carboxylic acid groups (broad SMARTS) is 1. The van der Waals surface area contributed by atoms with Gasteiger partial charge in [-0.2, -0.15) is 5.10 Å². The number of nitrogens with zero attached hydrogens (tertiary/aromatic N) is 2. The van der Waals surface area contributed by atoms with Gasteiger partial charge >= 0.3 is 5.97 Å². The molecule has 0 aliphatic rings. The highest BCUT2D eigenvalue weighted by Crippen LogP contribution is 2.17. The fourth-order valence-corrected chi connectivity index (χ4v) is 3.60. The van der Waals surface area contributed by atoms with Crippen molar-refractivity contribution in [3.8, 4) is 0 Å². The van der Waals surface area contributed by atoms with Gasteiger partial charge in [-0.3, -0.25) is 9.48 Å². The average Bonchev–Trinajstić information content (AvgIpc) is 3.04. The van der Waals surface area contributed by atoms with E-state index in [1.807, 2.05) is 30.3 Å². The third kappa shape index (κ3) is 5.92. The topological polar surface area (TPSA) is 118 Å². The molecule has 2 aromatic rings. The summed E-state index contributed by atoms with van der Waals surface area (Å²) in [6.45, 7) is 2.93. The molecule has 0 saturated heterocycles. The standard InChI is InChI=1S/C18H23N3O5S/c1-18(2,17(23)24)21-12-15(11-19-21)20-16(22)13-27(25,26)10-6-9-14-7-4-3-5-8-14/h3-5,7-8,11-12H,6,9-10,13H2,1-2H3,(H,20,22)(H,23,24). The van der Waals surface area contributed by atoms with Crippen LogP contribution in [0.3, 0.4) is 0 Å². The van der Waals surface area contributed by atoms with Crippen LogP contribution in [-0.4, -0.2) is 46.7 Å². The number of anilines is 1. The molecule has 0 aliphatic heterocycles. The summed E-state index contributed by atoms with van der Waals surface area (Å²) in [5, 5.41) is 15.5. The van der Waals surface area contributed by atoms with Crippen molar-refractivity contribution in [1.29, 1.82) is 0 Å². The number of carboxylic acids is 1. The lowest BCUT2D eigenvalue weighted by atomic mass is 10.1. The number of aryl methyl sites for hydroxylation is 1. The van der Waals surface area contributed by atoms with Crippen molar-refractivity contribution in [1.82, 2.24) is 9.78 Å². The van der Waals surface area contributed by atoms with E-state index in [1.54, 1.807) is 0 Å². The second-order valence-corrected chi connectivity index (χ2v) is 8.95. The number of sulfone groups is 1. The van der Waals surface area contributed by atoms with Gasteiger partial charge in [0.05, 0.1) is 17.6 Å². The molecule has 2 rings (SSSR count). The third-order valence-electron chi connectivity index (χ3n) is 4.08. The minimum absolute atomic E-state index is 0.0827. The maximum Gasteiger partial charge on any atom is 0.331 e. The summed E-state index contributed by atoms with van der Waals surface area (Å²) >= 11 is 0. The maximum absolute atomic E-state index is 12.1. The lowest BCUT2D eigenvalue weighted by Gasteiger charge is -2.19. The van der Waals surface area contributed by atoms with Crippen LogP contribution >= 0.6 is 0 Å². The van der Waals surface area contributed by atoms with E-state index in [1.165, 1.54) is 30.9 Å². The van der Waals surface area contributed by atoms with Gasteiger partial charge in [0.2, 0.25) is 5.91 Å². The average molecular weight is 393 g/mol. The summed E-state index contributed by atoms with van der Waals surface area (Å²) < 4.78 is 25.4. The molecule has 1 amide bonds. The number of rotatable bonds is 9. The Kier molecular flexibility index (Phi) is 6.37. The number of hydrogen-bond donors (Lipinski definition) is 2. The first-order valence-corrected chi connectivity index (χ1v) is 10.2. The molecule has 0 bridgehead atoms. The van der Waals surface area contributed by atoms with Gasteiger partial charge in [-0.25, -0.2) is 13.2 Å². The fourth-order valence-electron chi connectivity index (χ4n) is 2.40. The quantitative estimate of drug-likeness (QED) is 0.669. The highest BCUT2D eigenvalue weighted by atomic mass is 32.2. The van der Waals surface area contributed by atoms with Crippen LogP contribution in [-0.2, 0) is 31.4 Å². The minimum Gasteiger partial charge on any atom is -0.479 e. The normalized spacial score (nSPS) is 11.9. The zero-order valence-electron chi connectivity index (χ0n) is 15.3. The molecule has 0 saturated carbocycles. The molecule has 0 spiro atoms. The molecule has 0 fully saturated rings. The Morgan fingerprint density at radius 3 is 2.52 bits per heavy atom. The van der Waals surface area contributed by atoms with Crippen molar-refractivity contribution in [2.24, 2.45) is 0 Å². The Morgan fingerprint density at radius 1 is 1.22 bits per heavy atom. The Labute approximate surface area is 158 Å². The summed E-state index contributed by atoms with van der Waals surface area (Å²) in [6.07, 6.45) is 3.70. The van der Waals surface area contributed by atoms with Crippen LogP contribution in [0.15, 0.2) is 42.7 Å². The number of benzene rings is 1. The molecule has 0 atom stereocenters. The second-order valence-electron chi connectivity index (χ2n) is 6.77. The van der Waals surface area contributed by atoms with Gasteiger partial charge in [0, 0.05) is 6.20 Å². The van der Waals surface area contributed by atoms with E-state index in [9.17, 15) is 23.1 Å². The van der Waals surface area contributed by atoms with Gasteiger partial charge < -0.3 is 10.4 Å². The van der Waals surface area contributed by atoms with Gasteiger partial charge in [-0.1, -0.05) is 30.3 Å².